The molecule has 3 heterocycles. The number of hydrogen-bond donors (Lipinski definition) is 0. The van der Waals surface area contributed by atoms with E-state index in [1.54, 1.807) is 0 Å². The molecule has 20 rings (SSSR count). The van der Waals surface area contributed by atoms with E-state index < -0.39 is 10.8 Å². The SMILES string of the molecule is c1ccc(N2c3cc(N(c4ccccc4)c4cccc5c4c4ccccc4n5-c4ccccc4)cc4c3B(c3ccc5c(c32)-c2ccccc2C5(c2ccccc2)c2ccccc2)c2ccc3c(c2N4c2ccccc2)-c2ccccc2C3(c2ccccc2)c2ccccc2)cc1. The van der Waals surface area contributed by atoms with Crippen molar-refractivity contribution in [1.82, 2.24) is 4.57 Å². The van der Waals surface area contributed by atoms with Crippen molar-refractivity contribution < 1.29 is 0 Å². The smallest absolute Gasteiger partial charge is 0.252 e. The number of nitrogens with zero attached hydrogens (tertiary/aromatic N) is 4. The lowest BCUT2D eigenvalue weighted by molar-refractivity contribution is 0.768. The van der Waals surface area contributed by atoms with Crippen LogP contribution in [0.4, 0.5) is 51.2 Å². The Morgan fingerprint density at radius 3 is 1.13 bits per heavy atom. The van der Waals surface area contributed by atoms with Gasteiger partial charge in [0.15, 0.2) is 0 Å². The quantitative estimate of drug-likeness (QED) is 0.127. The topological polar surface area (TPSA) is 14.7 Å². The number of benzene rings is 15. The van der Waals surface area contributed by atoms with E-state index in [2.05, 4.69) is 389 Å². The van der Waals surface area contributed by atoms with E-state index in [4.69, 9.17) is 0 Å². The highest BCUT2D eigenvalue weighted by Gasteiger charge is 2.54. The molecule has 4 nitrogen and oxygen atoms in total. The van der Waals surface area contributed by atoms with Crippen LogP contribution in [0, 0.1) is 0 Å². The lowest BCUT2D eigenvalue weighted by Gasteiger charge is -2.46. The molecule has 97 heavy (non-hydrogen) atoms. The minimum Gasteiger partial charge on any atom is -0.311 e. The summed E-state index contributed by atoms with van der Waals surface area (Å²) in [6.07, 6.45) is 0. The van der Waals surface area contributed by atoms with Crippen molar-refractivity contribution in [2.24, 2.45) is 0 Å². The number of rotatable bonds is 10. The van der Waals surface area contributed by atoms with E-state index >= 15 is 0 Å². The molecule has 2 aliphatic heterocycles. The molecule has 0 N–H and O–H groups in total. The van der Waals surface area contributed by atoms with Crippen LogP contribution in [0.2, 0.25) is 0 Å². The lowest BCUT2D eigenvalue weighted by atomic mass is 9.33. The van der Waals surface area contributed by atoms with E-state index in [-0.39, 0.29) is 6.71 Å². The predicted molar refractivity (Wildman–Crippen MR) is 404 cm³/mol. The molecule has 2 aliphatic carbocycles. The van der Waals surface area contributed by atoms with Gasteiger partial charge in [-0.15, -0.1) is 0 Å². The Hall–Kier alpha value is -12.4. The first-order valence-corrected chi connectivity index (χ1v) is 33.8. The summed E-state index contributed by atoms with van der Waals surface area (Å²) in [7, 11) is 0. The van der Waals surface area contributed by atoms with E-state index in [0.717, 1.165) is 56.5 Å². The zero-order valence-electron chi connectivity index (χ0n) is 53.1. The predicted octanol–water partition coefficient (Wildman–Crippen LogP) is 21.1. The largest absolute Gasteiger partial charge is 0.311 e. The molecule has 15 aromatic carbocycles. The second kappa shape index (κ2) is 21.6. The Labute approximate surface area is 565 Å². The molecule has 0 bridgehead atoms. The van der Waals surface area contributed by atoms with E-state index in [9.17, 15) is 0 Å². The highest BCUT2D eigenvalue weighted by Crippen LogP contribution is 2.63. The van der Waals surface area contributed by atoms with Crippen LogP contribution in [0.25, 0.3) is 49.7 Å². The minimum atomic E-state index is -0.655. The van der Waals surface area contributed by atoms with Crippen molar-refractivity contribution in [2.45, 2.75) is 10.8 Å². The maximum absolute atomic E-state index is 2.66. The van der Waals surface area contributed by atoms with Crippen LogP contribution in [-0.2, 0) is 10.8 Å². The summed E-state index contributed by atoms with van der Waals surface area (Å²) < 4.78 is 2.44. The van der Waals surface area contributed by atoms with Gasteiger partial charge >= 0.3 is 0 Å². The summed E-state index contributed by atoms with van der Waals surface area (Å²) in [4.78, 5) is 7.87. The van der Waals surface area contributed by atoms with Crippen molar-refractivity contribution in [1.29, 1.82) is 0 Å². The molecule has 0 amide bonds. The first-order chi connectivity index (χ1) is 48.2. The maximum Gasteiger partial charge on any atom is 0.252 e. The van der Waals surface area contributed by atoms with Gasteiger partial charge in [-0.1, -0.05) is 291 Å². The summed E-state index contributed by atoms with van der Waals surface area (Å²) in [6, 6.07) is 139. The van der Waals surface area contributed by atoms with Crippen LogP contribution < -0.4 is 31.1 Å². The van der Waals surface area contributed by atoms with Gasteiger partial charge in [0.2, 0.25) is 0 Å². The Morgan fingerprint density at radius 2 is 0.670 bits per heavy atom. The second-order valence-corrected chi connectivity index (χ2v) is 26.1. The van der Waals surface area contributed by atoms with Crippen LogP contribution in [0.1, 0.15) is 44.5 Å². The van der Waals surface area contributed by atoms with Crippen LogP contribution in [-0.4, -0.2) is 11.3 Å². The van der Waals surface area contributed by atoms with Gasteiger partial charge in [-0.25, -0.2) is 0 Å². The summed E-state index contributed by atoms with van der Waals surface area (Å²) in [5.41, 5.74) is 30.7. The van der Waals surface area contributed by atoms with E-state index in [0.29, 0.717) is 0 Å². The normalized spacial score (nSPS) is 13.9. The van der Waals surface area contributed by atoms with Gasteiger partial charge in [-0.3, -0.25) is 0 Å². The molecular formula is C92H61BN4. The van der Waals surface area contributed by atoms with Crippen LogP contribution in [0.5, 0.6) is 0 Å². The van der Waals surface area contributed by atoms with Crippen LogP contribution >= 0.6 is 0 Å². The van der Waals surface area contributed by atoms with Gasteiger partial charge in [0.05, 0.1) is 33.2 Å². The summed E-state index contributed by atoms with van der Waals surface area (Å²) in [5, 5.41) is 2.35. The molecule has 4 aliphatic rings. The monoisotopic (exact) mass is 1230 g/mol. The van der Waals surface area contributed by atoms with E-state index in [1.165, 1.54) is 105 Å². The van der Waals surface area contributed by atoms with Crippen LogP contribution in [0.3, 0.4) is 0 Å². The second-order valence-electron chi connectivity index (χ2n) is 26.1. The molecule has 0 radical (unpaired) electrons. The zero-order chi connectivity index (χ0) is 63.8. The third-order valence-electron chi connectivity index (χ3n) is 21.4. The van der Waals surface area contributed by atoms with Crippen molar-refractivity contribution in [2.75, 3.05) is 14.7 Å². The van der Waals surface area contributed by atoms with Crippen molar-refractivity contribution in [3.05, 3.63) is 415 Å². The zero-order valence-corrected chi connectivity index (χ0v) is 53.1. The fraction of sp³-hybridized carbons (Fsp3) is 0.0217. The average Bonchev–Trinajstić information content (AvgIpc) is 1.59. The summed E-state index contributed by atoms with van der Waals surface area (Å²) >= 11 is 0. The van der Waals surface area contributed by atoms with Gasteiger partial charge in [0.1, 0.15) is 0 Å². The molecule has 0 spiro atoms. The highest BCUT2D eigenvalue weighted by atomic mass is 15.2. The Bertz CT molecular complexity index is 5430. The number of aromatic nitrogens is 1. The molecule has 16 aromatic rings. The highest BCUT2D eigenvalue weighted by molar-refractivity contribution is 7.00. The molecule has 0 fully saturated rings. The third kappa shape index (κ3) is 7.71. The van der Waals surface area contributed by atoms with Crippen molar-refractivity contribution >= 4 is 96.1 Å². The molecule has 0 saturated heterocycles. The first kappa shape index (κ1) is 55.1. The van der Waals surface area contributed by atoms with Crippen molar-refractivity contribution in [3.8, 4) is 27.9 Å². The standard InChI is InChI=1S/C92H61BN4/c1-9-32-62(33-10-1)91(63-34-11-2-12-35-63)74-51-28-25-48-71(74)85-76(91)56-58-78-89(85)96(68-44-21-7-22-45-68)83-60-70(94(66-40-17-5-18-41-66)81-54-31-55-82-87(81)73-50-27-30-53-80(73)95(82)67-42-19-6-20-43-67)61-84-88(83)93(78)79-59-57-77-86(90(79)97(84)69-46-23-8-24-47-69)72-49-26-29-52-75(72)92(77,64-36-13-3-14-37-64)65-38-15-4-16-39-65/h1-61H. The number of fused-ring (bicyclic) bond motifs is 15. The van der Waals surface area contributed by atoms with E-state index in [1.807, 2.05) is 0 Å². The minimum absolute atomic E-state index is 0.247. The number of anilines is 9. The molecule has 0 saturated carbocycles. The lowest BCUT2D eigenvalue weighted by Crippen LogP contribution is -2.61. The van der Waals surface area contributed by atoms with Crippen LogP contribution in [0.15, 0.2) is 370 Å². The average molecular weight is 1230 g/mol. The Kier molecular flexibility index (Phi) is 12.2. The van der Waals surface area contributed by atoms with Gasteiger partial charge in [-0.05, 0) is 151 Å². The molecular weight excluding hydrogens is 1170 g/mol. The Morgan fingerprint density at radius 1 is 0.289 bits per heavy atom. The molecule has 1 aromatic heterocycles. The van der Waals surface area contributed by atoms with Crippen molar-refractivity contribution in [3.63, 3.8) is 0 Å². The number of para-hydroxylation sites is 5. The molecule has 452 valence electrons. The molecule has 0 unspecified atom stereocenters. The molecule has 5 heteroatoms. The van der Waals surface area contributed by atoms with Gasteiger partial charge in [-0.2, -0.15) is 0 Å². The number of hydrogen-bond acceptors (Lipinski definition) is 3. The third-order valence-corrected chi connectivity index (χ3v) is 21.4. The fourth-order valence-electron chi connectivity index (χ4n) is 17.9. The Balaban J connectivity index is 0.968. The molecule has 0 atom stereocenters. The van der Waals surface area contributed by atoms with Gasteiger partial charge in [0.25, 0.3) is 6.71 Å². The maximum atomic E-state index is 2.66. The fourth-order valence-corrected chi connectivity index (χ4v) is 17.9. The first-order valence-electron chi connectivity index (χ1n) is 33.8. The summed E-state index contributed by atoms with van der Waals surface area (Å²) in [5.74, 6) is 0. The van der Waals surface area contributed by atoms with Gasteiger partial charge < -0.3 is 19.3 Å². The summed E-state index contributed by atoms with van der Waals surface area (Å²) in [6.45, 7) is -0.247. The van der Waals surface area contributed by atoms with Gasteiger partial charge in [0, 0.05) is 67.4 Å².